The van der Waals surface area contributed by atoms with E-state index in [1.54, 1.807) is 18.2 Å². The molecule has 0 amide bonds. The van der Waals surface area contributed by atoms with Crippen LogP contribution in [-0.2, 0) is 23.7 Å². The zero-order valence-corrected chi connectivity index (χ0v) is 19.7. The third-order valence-corrected chi connectivity index (χ3v) is 4.57. The van der Waals surface area contributed by atoms with Gasteiger partial charge in [-0.3, -0.25) is 0 Å². The molecule has 0 aliphatic carbocycles. The van der Waals surface area contributed by atoms with E-state index in [0.717, 1.165) is 12.8 Å². The minimum Gasteiger partial charge on any atom is -0.487 e. The van der Waals surface area contributed by atoms with E-state index in [0.29, 0.717) is 89.7 Å². The highest BCUT2D eigenvalue weighted by molar-refractivity contribution is 5.90. The van der Waals surface area contributed by atoms with Crippen molar-refractivity contribution in [2.45, 2.75) is 33.6 Å². The second-order valence-corrected chi connectivity index (χ2v) is 8.61. The van der Waals surface area contributed by atoms with Crippen LogP contribution in [0, 0.1) is 5.41 Å². The molecule has 1 aliphatic rings. The molecule has 1 aliphatic heterocycles. The summed E-state index contributed by atoms with van der Waals surface area (Å²) in [5.41, 5.74) is 0.641. The minimum absolute atomic E-state index is 0.217. The van der Waals surface area contributed by atoms with Gasteiger partial charge in [0.2, 0.25) is 0 Å². The lowest BCUT2D eigenvalue weighted by atomic mass is 9.91. The predicted octanol–water partition coefficient (Wildman–Crippen LogP) is 3.51. The Morgan fingerprint density at radius 2 is 1.28 bits per heavy atom. The molecular weight excluding hydrogens is 416 g/mol. The fraction of sp³-hybridized carbons (Fsp3) is 0.708. The van der Waals surface area contributed by atoms with Gasteiger partial charge in [-0.2, -0.15) is 0 Å². The van der Waals surface area contributed by atoms with Gasteiger partial charge in [-0.05, 0) is 36.5 Å². The van der Waals surface area contributed by atoms with E-state index in [1.807, 2.05) is 0 Å². The van der Waals surface area contributed by atoms with Gasteiger partial charge < -0.3 is 33.2 Å². The molecule has 0 unspecified atom stereocenters. The molecule has 0 fully saturated rings. The Kier molecular flexibility index (Phi) is 12.4. The van der Waals surface area contributed by atoms with E-state index in [1.165, 1.54) is 0 Å². The van der Waals surface area contributed by atoms with Gasteiger partial charge in [0.1, 0.15) is 13.2 Å². The number of carbonyl (C=O) groups is 1. The summed E-state index contributed by atoms with van der Waals surface area (Å²) in [6.07, 6.45) is 1.81. The fourth-order valence-electron chi connectivity index (χ4n) is 2.90. The number of hydrogen-bond donors (Lipinski definition) is 0. The number of benzene rings is 1. The maximum absolute atomic E-state index is 12.5. The molecule has 0 N–H and O–H groups in total. The highest BCUT2D eigenvalue weighted by Gasteiger charge is 2.15. The summed E-state index contributed by atoms with van der Waals surface area (Å²) < 4.78 is 38.9. The van der Waals surface area contributed by atoms with Crippen molar-refractivity contribution in [1.82, 2.24) is 0 Å². The third-order valence-electron chi connectivity index (χ3n) is 4.57. The van der Waals surface area contributed by atoms with Gasteiger partial charge in [-0.1, -0.05) is 20.8 Å². The Bertz CT molecular complexity index is 656. The standard InChI is InChI=1S/C24H38O8/c1-24(2,3)7-4-8-32-23(25)20-5-6-21-22(19-20)31-18-16-29-14-12-27-10-9-26-11-13-28-15-17-30-21/h5-6,19H,4,7-18H2,1-3H3. The van der Waals surface area contributed by atoms with Crippen molar-refractivity contribution in [1.29, 1.82) is 0 Å². The maximum Gasteiger partial charge on any atom is 0.338 e. The van der Waals surface area contributed by atoms with Crippen LogP contribution in [0.25, 0.3) is 0 Å². The summed E-state index contributed by atoms with van der Waals surface area (Å²) in [5, 5.41) is 0. The van der Waals surface area contributed by atoms with Gasteiger partial charge in [0, 0.05) is 0 Å². The molecule has 8 nitrogen and oxygen atoms in total. The Labute approximate surface area is 191 Å². The van der Waals surface area contributed by atoms with Gasteiger partial charge in [-0.25, -0.2) is 4.79 Å². The smallest absolute Gasteiger partial charge is 0.338 e. The molecule has 0 bridgehead atoms. The van der Waals surface area contributed by atoms with Crippen molar-refractivity contribution in [3.8, 4) is 11.5 Å². The van der Waals surface area contributed by atoms with Crippen LogP contribution >= 0.6 is 0 Å². The molecule has 0 saturated heterocycles. The maximum atomic E-state index is 12.5. The molecular formula is C24H38O8. The zero-order valence-electron chi connectivity index (χ0n) is 19.7. The number of rotatable bonds is 4. The van der Waals surface area contributed by atoms with Crippen LogP contribution in [0.3, 0.4) is 0 Å². The molecule has 1 aromatic carbocycles. The second-order valence-electron chi connectivity index (χ2n) is 8.61. The van der Waals surface area contributed by atoms with Crippen LogP contribution in [0.2, 0.25) is 0 Å². The predicted molar refractivity (Wildman–Crippen MR) is 120 cm³/mol. The van der Waals surface area contributed by atoms with E-state index < -0.39 is 0 Å². The van der Waals surface area contributed by atoms with Crippen LogP contribution in [0.4, 0.5) is 0 Å². The van der Waals surface area contributed by atoms with Crippen molar-refractivity contribution in [2.24, 2.45) is 5.41 Å². The Morgan fingerprint density at radius 3 is 1.81 bits per heavy atom. The Morgan fingerprint density at radius 1 is 0.781 bits per heavy atom. The molecule has 182 valence electrons. The van der Waals surface area contributed by atoms with E-state index in [-0.39, 0.29) is 11.4 Å². The summed E-state index contributed by atoms with van der Waals surface area (Å²) in [6.45, 7) is 11.4. The monoisotopic (exact) mass is 454 g/mol. The van der Waals surface area contributed by atoms with E-state index in [2.05, 4.69) is 20.8 Å². The largest absolute Gasteiger partial charge is 0.487 e. The number of ether oxygens (including phenoxy) is 7. The first kappa shape index (κ1) is 26.4. The topological polar surface area (TPSA) is 81.7 Å². The summed E-state index contributed by atoms with van der Waals surface area (Å²) in [4.78, 5) is 12.5. The quantitative estimate of drug-likeness (QED) is 0.505. The molecule has 2 rings (SSSR count). The highest BCUT2D eigenvalue weighted by atomic mass is 16.6. The van der Waals surface area contributed by atoms with Crippen LogP contribution in [0.15, 0.2) is 18.2 Å². The van der Waals surface area contributed by atoms with E-state index in [4.69, 9.17) is 33.2 Å². The van der Waals surface area contributed by atoms with Crippen LogP contribution in [0.1, 0.15) is 44.0 Å². The zero-order chi connectivity index (χ0) is 23.1. The molecule has 8 heteroatoms. The Hall–Kier alpha value is -1.87. The van der Waals surface area contributed by atoms with Crippen molar-refractivity contribution in [3.05, 3.63) is 23.8 Å². The molecule has 1 heterocycles. The molecule has 0 spiro atoms. The molecule has 32 heavy (non-hydrogen) atoms. The van der Waals surface area contributed by atoms with Crippen molar-refractivity contribution in [3.63, 3.8) is 0 Å². The van der Waals surface area contributed by atoms with Crippen LogP contribution < -0.4 is 9.47 Å². The molecule has 0 atom stereocenters. The SMILES string of the molecule is CC(C)(C)CCCOC(=O)c1ccc2c(c1)OCCOCCOCCOCCOCCO2. The van der Waals surface area contributed by atoms with Crippen molar-refractivity contribution in [2.75, 3.05) is 72.7 Å². The number of carbonyl (C=O) groups excluding carboxylic acids is 1. The lowest BCUT2D eigenvalue weighted by Crippen LogP contribution is -2.16. The van der Waals surface area contributed by atoms with Gasteiger partial charge in [0.05, 0.1) is 65.0 Å². The van der Waals surface area contributed by atoms with Gasteiger partial charge in [-0.15, -0.1) is 0 Å². The van der Waals surface area contributed by atoms with Crippen molar-refractivity contribution < 1.29 is 38.0 Å². The first-order valence-corrected chi connectivity index (χ1v) is 11.3. The Balaban J connectivity index is 1.92. The average molecular weight is 455 g/mol. The average Bonchev–Trinajstić information content (AvgIpc) is 2.75. The lowest BCUT2D eigenvalue weighted by Gasteiger charge is -2.17. The normalized spacial score (nSPS) is 17.7. The first-order valence-electron chi connectivity index (χ1n) is 11.3. The van der Waals surface area contributed by atoms with E-state index >= 15 is 0 Å². The lowest BCUT2D eigenvalue weighted by molar-refractivity contribution is -0.00842. The molecule has 0 aromatic heterocycles. The minimum atomic E-state index is -0.374. The molecule has 1 aromatic rings. The summed E-state index contributed by atoms with van der Waals surface area (Å²) in [5.74, 6) is 0.638. The summed E-state index contributed by atoms with van der Waals surface area (Å²) in [7, 11) is 0. The number of fused-ring (bicyclic) bond motifs is 1. The van der Waals surface area contributed by atoms with Crippen molar-refractivity contribution >= 4 is 5.97 Å². The fourth-order valence-corrected chi connectivity index (χ4v) is 2.90. The first-order chi connectivity index (χ1) is 15.5. The van der Waals surface area contributed by atoms with Gasteiger partial charge in [0.25, 0.3) is 0 Å². The van der Waals surface area contributed by atoms with Gasteiger partial charge >= 0.3 is 5.97 Å². The molecule has 0 saturated carbocycles. The second kappa shape index (κ2) is 15.1. The molecule has 0 radical (unpaired) electrons. The van der Waals surface area contributed by atoms with E-state index in [9.17, 15) is 4.79 Å². The van der Waals surface area contributed by atoms with Crippen LogP contribution in [-0.4, -0.2) is 78.6 Å². The summed E-state index contributed by atoms with van der Waals surface area (Å²) in [6, 6.07) is 5.05. The third kappa shape index (κ3) is 11.7. The number of esters is 1. The highest BCUT2D eigenvalue weighted by Crippen LogP contribution is 2.29. The number of hydrogen-bond acceptors (Lipinski definition) is 8. The van der Waals surface area contributed by atoms with Crippen LogP contribution in [0.5, 0.6) is 11.5 Å². The van der Waals surface area contributed by atoms with Gasteiger partial charge in [0.15, 0.2) is 11.5 Å². The summed E-state index contributed by atoms with van der Waals surface area (Å²) >= 11 is 0.